The molecule has 1 aliphatic rings. The van der Waals surface area contributed by atoms with Gasteiger partial charge in [0.15, 0.2) is 5.78 Å². The number of carbonyl (C=O) groups excluding carboxylic acids is 2. The van der Waals surface area contributed by atoms with Crippen molar-refractivity contribution in [3.63, 3.8) is 0 Å². The molecule has 140 valence electrons. The summed E-state index contributed by atoms with van der Waals surface area (Å²) in [6, 6.07) is 9.61. The van der Waals surface area contributed by atoms with Crippen LogP contribution in [0, 0.1) is 5.92 Å². The molecule has 2 rings (SSSR count). The highest BCUT2D eigenvalue weighted by Crippen LogP contribution is 2.39. The molecular formula is C21H27NO4. The molecular weight excluding hydrogens is 330 g/mol. The van der Waals surface area contributed by atoms with E-state index in [1.54, 1.807) is 7.11 Å². The first-order chi connectivity index (χ1) is 12.4. The van der Waals surface area contributed by atoms with Gasteiger partial charge in [0.05, 0.1) is 12.2 Å². The van der Waals surface area contributed by atoms with E-state index in [2.05, 4.69) is 5.32 Å². The van der Waals surface area contributed by atoms with Crippen LogP contribution in [0.4, 0.5) is 0 Å². The zero-order chi connectivity index (χ0) is 19.3. The van der Waals surface area contributed by atoms with Gasteiger partial charge < -0.3 is 14.8 Å². The predicted molar refractivity (Wildman–Crippen MR) is 100 cm³/mol. The molecule has 0 amide bonds. The molecule has 1 N–H and O–H groups in total. The van der Waals surface area contributed by atoms with Crippen molar-refractivity contribution in [3.8, 4) is 0 Å². The fraction of sp³-hybridized carbons (Fsp3) is 0.429. The zero-order valence-corrected chi connectivity index (χ0v) is 16.1. The molecule has 0 fully saturated rings. The summed E-state index contributed by atoms with van der Waals surface area (Å²) >= 11 is 0. The number of hydrogen-bond acceptors (Lipinski definition) is 5. The van der Waals surface area contributed by atoms with E-state index < -0.39 is 11.9 Å². The number of esters is 1. The van der Waals surface area contributed by atoms with E-state index >= 15 is 0 Å². The smallest absolute Gasteiger partial charge is 0.336 e. The van der Waals surface area contributed by atoms with Gasteiger partial charge in [0.25, 0.3) is 0 Å². The molecule has 1 aliphatic heterocycles. The van der Waals surface area contributed by atoms with Crippen LogP contribution in [0.3, 0.4) is 0 Å². The lowest BCUT2D eigenvalue weighted by atomic mass is 9.77. The first-order valence-corrected chi connectivity index (χ1v) is 8.82. The van der Waals surface area contributed by atoms with E-state index in [4.69, 9.17) is 9.47 Å². The Morgan fingerprint density at radius 2 is 1.65 bits per heavy atom. The molecule has 0 aromatic heterocycles. The summed E-state index contributed by atoms with van der Waals surface area (Å²) in [5.41, 5.74) is 3.48. The second-order valence-corrected chi connectivity index (χ2v) is 6.69. The highest BCUT2D eigenvalue weighted by molar-refractivity contribution is 6.03. The third kappa shape index (κ3) is 4.22. The molecule has 0 radical (unpaired) electrons. The van der Waals surface area contributed by atoms with Gasteiger partial charge in [-0.1, -0.05) is 44.2 Å². The molecule has 0 bridgehead atoms. The van der Waals surface area contributed by atoms with Gasteiger partial charge in [-0.15, -0.1) is 0 Å². The van der Waals surface area contributed by atoms with Crippen LogP contribution in [0.25, 0.3) is 0 Å². The van der Waals surface area contributed by atoms with E-state index in [1.165, 1.54) is 0 Å². The SMILES string of the molecule is COCCOC(=O)C1=C(C)NC(C)=C(C(=O)C(C)C)C1c1ccccc1. The van der Waals surface area contributed by atoms with Gasteiger partial charge in [0.2, 0.25) is 0 Å². The lowest BCUT2D eigenvalue weighted by Crippen LogP contribution is -2.33. The number of hydrogen-bond donors (Lipinski definition) is 1. The number of rotatable bonds is 7. The third-order valence-corrected chi connectivity index (χ3v) is 4.42. The molecule has 1 heterocycles. The van der Waals surface area contributed by atoms with Gasteiger partial charge in [0, 0.05) is 35.9 Å². The summed E-state index contributed by atoms with van der Waals surface area (Å²) in [6.45, 7) is 7.95. The summed E-state index contributed by atoms with van der Waals surface area (Å²) < 4.78 is 10.3. The molecule has 1 aromatic carbocycles. The van der Waals surface area contributed by atoms with Gasteiger partial charge in [-0.05, 0) is 19.4 Å². The Morgan fingerprint density at radius 3 is 2.23 bits per heavy atom. The van der Waals surface area contributed by atoms with E-state index in [1.807, 2.05) is 58.0 Å². The van der Waals surface area contributed by atoms with E-state index in [-0.39, 0.29) is 18.3 Å². The number of methoxy groups -OCH3 is 1. The standard InChI is InChI=1S/C21H27NO4/c1-13(2)20(23)17-14(3)22-15(4)18(21(24)26-12-11-25-5)19(17)16-9-7-6-8-10-16/h6-10,13,19,22H,11-12H2,1-5H3. The number of ether oxygens (including phenoxy) is 2. The van der Waals surface area contributed by atoms with Gasteiger partial charge >= 0.3 is 5.97 Å². The Balaban J connectivity index is 2.52. The lowest BCUT2D eigenvalue weighted by molar-refractivity contribution is -0.140. The third-order valence-electron chi connectivity index (χ3n) is 4.42. The normalized spacial score (nSPS) is 17.4. The van der Waals surface area contributed by atoms with Gasteiger partial charge in [-0.25, -0.2) is 4.79 Å². The minimum Gasteiger partial charge on any atom is -0.460 e. The fourth-order valence-electron chi connectivity index (χ4n) is 3.18. The summed E-state index contributed by atoms with van der Waals surface area (Å²) in [4.78, 5) is 25.7. The number of carbonyl (C=O) groups is 2. The second kappa shape index (κ2) is 8.81. The number of Topliss-reactive ketones (excluding diaryl/α,β-unsaturated/α-hetero) is 1. The van der Waals surface area contributed by atoms with Crippen molar-refractivity contribution in [2.24, 2.45) is 5.92 Å². The largest absolute Gasteiger partial charge is 0.460 e. The van der Waals surface area contributed by atoms with Crippen LogP contribution in [0.15, 0.2) is 52.9 Å². The van der Waals surface area contributed by atoms with Gasteiger partial charge in [0.1, 0.15) is 6.61 Å². The van der Waals surface area contributed by atoms with Gasteiger partial charge in [-0.2, -0.15) is 0 Å². The Hall–Kier alpha value is -2.40. The van der Waals surface area contributed by atoms with Crippen molar-refractivity contribution in [3.05, 3.63) is 58.4 Å². The number of ketones is 1. The van der Waals surface area contributed by atoms with E-state index in [0.717, 1.165) is 11.3 Å². The fourth-order valence-corrected chi connectivity index (χ4v) is 3.18. The maximum absolute atomic E-state index is 12.9. The molecule has 5 heteroatoms. The number of benzene rings is 1. The minimum atomic E-state index is -0.442. The van der Waals surface area contributed by atoms with Crippen LogP contribution in [-0.2, 0) is 19.1 Å². The first kappa shape index (κ1) is 19.9. The van der Waals surface area contributed by atoms with Crippen molar-refractivity contribution in [1.29, 1.82) is 0 Å². The minimum absolute atomic E-state index is 0.0264. The first-order valence-electron chi connectivity index (χ1n) is 8.82. The van der Waals surface area contributed by atoms with Crippen LogP contribution >= 0.6 is 0 Å². The molecule has 1 unspecified atom stereocenters. The zero-order valence-electron chi connectivity index (χ0n) is 16.1. The number of allylic oxidation sites excluding steroid dienone is 3. The Kier molecular flexibility index (Phi) is 6.75. The summed E-state index contributed by atoms with van der Waals surface area (Å²) in [5, 5.41) is 3.19. The Morgan fingerprint density at radius 1 is 1.04 bits per heavy atom. The van der Waals surface area contributed by atoms with E-state index in [9.17, 15) is 9.59 Å². The maximum atomic E-state index is 12.9. The average Bonchev–Trinajstić information content (AvgIpc) is 2.61. The molecule has 0 aliphatic carbocycles. The monoisotopic (exact) mass is 357 g/mol. The summed E-state index contributed by atoms with van der Waals surface area (Å²) in [7, 11) is 1.55. The van der Waals surface area contributed by atoms with Gasteiger partial charge in [-0.3, -0.25) is 4.79 Å². The van der Waals surface area contributed by atoms with Crippen molar-refractivity contribution in [2.75, 3.05) is 20.3 Å². The van der Waals surface area contributed by atoms with Crippen molar-refractivity contribution < 1.29 is 19.1 Å². The average molecular weight is 357 g/mol. The second-order valence-electron chi connectivity index (χ2n) is 6.69. The van der Waals surface area contributed by atoms with Crippen LogP contribution < -0.4 is 5.32 Å². The Labute approximate surface area is 155 Å². The number of dihydropyridines is 1. The summed E-state index contributed by atoms with van der Waals surface area (Å²) in [6.07, 6.45) is 0. The topological polar surface area (TPSA) is 64.6 Å². The van der Waals surface area contributed by atoms with E-state index in [0.29, 0.717) is 23.5 Å². The van der Waals surface area contributed by atoms with Crippen molar-refractivity contribution in [1.82, 2.24) is 5.32 Å². The molecule has 1 atom stereocenters. The maximum Gasteiger partial charge on any atom is 0.336 e. The quantitative estimate of drug-likeness (QED) is 0.599. The van der Waals surface area contributed by atoms with Crippen LogP contribution in [0.5, 0.6) is 0 Å². The summed E-state index contributed by atoms with van der Waals surface area (Å²) in [5.74, 6) is -1.01. The number of nitrogens with one attached hydrogen (secondary N) is 1. The Bertz CT molecular complexity index is 732. The highest BCUT2D eigenvalue weighted by atomic mass is 16.6. The highest BCUT2D eigenvalue weighted by Gasteiger charge is 2.37. The van der Waals surface area contributed by atoms with Crippen molar-refractivity contribution in [2.45, 2.75) is 33.6 Å². The molecule has 0 spiro atoms. The molecule has 0 saturated heterocycles. The lowest BCUT2D eigenvalue weighted by Gasteiger charge is -2.31. The van der Waals surface area contributed by atoms with Crippen LogP contribution in [0.1, 0.15) is 39.2 Å². The van der Waals surface area contributed by atoms with Crippen LogP contribution in [-0.4, -0.2) is 32.1 Å². The van der Waals surface area contributed by atoms with Crippen molar-refractivity contribution >= 4 is 11.8 Å². The molecule has 0 saturated carbocycles. The molecule has 26 heavy (non-hydrogen) atoms. The molecule has 1 aromatic rings. The van der Waals surface area contributed by atoms with Crippen LogP contribution in [0.2, 0.25) is 0 Å². The molecule has 5 nitrogen and oxygen atoms in total. The predicted octanol–water partition coefficient (Wildman–Crippen LogP) is 3.34.